The molecule has 0 amide bonds. The van der Waals surface area contributed by atoms with Crippen molar-refractivity contribution in [1.82, 2.24) is 5.32 Å². The summed E-state index contributed by atoms with van der Waals surface area (Å²) in [5.74, 6) is 1.16. The zero-order valence-electron chi connectivity index (χ0n) is 6.06. The van der Waals surface area contributed by atoms with Crippen molar-refractivity contribution in [2.75, 3.05) is 13.1 Å². The molecule has 2 heterocycles. The Morgan fingerprint density at radius 1 is 1.50 bits per heavy atom. The maximum Gasteiger partial charge on any atom is 0.123 e. The van der Waals surface area contributed by atoms with Crippen molar-refractivity contribution in [1.29, 1.82) is 0 Å². The first-order valence-corrected chi connectivity index (χ1v) is 3.94. The lowest BCUT2D eigenvalue weighted by molar-refractivity contribution is 0.720. The molecule has 0 aromatic rings. The van der Waals surface area contributed by atoms with Gasteiger partial charge < -0.3 is 5.32 Å². The van der Waals surface area contributed by atoms with Gasteiger partial charge in [-0.1, -0.05) is 6.08 Å². The van der Waals surface area contributed by atoms with E-state index in [0.29, 0.717) is 0 Å². The monoisotopic (exact) mass is 136 g/mol. The predicted molar refractivity (Wildman–Crippen MR) is 42.2 cm³/mol. The summed E-state index contributed by atoms with van der Waals surface area (Å²) in [5.41, 5.74) is 1.44. The van der Waals surface area contributed by atoms with E-state index in [0.717, 1.165) is 25.3 Å². The van der Waals surface area contributed by atoms with Gasteiger partial charge in [-0.2, -0.15) is 0 Å². The average Bonchev–Trinajstić information content (AvgIpc) is 2.05. The van der Waals surface area contributed by atoms with Gasteiger partial charge in [0.1, 0.15) is 5.84 Å². The quantitative estimate of drug-likeness (QED) is 0.530. The van der Waals surface area contributed by atoms with Gasteiger partial charge in [-0.25, -0.2) is 0 Å². The van der Waals surface area contributed by atoms with Crippen molar-refractivity contribution in [2.24, 2.45) is 4.99 Å². The van der Waals surface area contributed by atoms with E-state index in [9.17, 15) is 0 Å². The first-order valence-electron chi connectivity index (χ1n) is 3.94. The van der Waals surface area contributed by atoms with Crippen LogP contribution in [0.25, 0.3) is 0 Å². The Morgan fingerprint density at radius 3 is 3.40 bits per heavy atom. The van der Waals surface area contributed by atoms with Gasteiger partial charge in [-0.3, -0.25) is 4.99 Å². The summed E-state index contributed by atoms with van der Waals surface area (Å²) in [7, 11) is 0. The van der Waals surface area contributed by atoms with Crippen LogP contribution >= 0.6 is 0 Å². The number of dihydropyridines is 1. The highest BCUT2D eigenvalue weighted by Crippen LogP contribution is 2.15. The van der Waals surface area contributed by atoms with Crippen LogP contribution in [0.1, 0.15) is 19.3 Å². The summed E-state index contributed by atoms with van der Waals surface area (Å²) >= 11 is 0. The molecule has 10 heavy (non-hydrogen) atoms. The van der Waals surface area contributed by atoms with E-state index in [1.165, 1.54) is 18.4 Å². The topological polar surface area (TPSA) is 24.4 Å². The number of rotatable bonds is 0. The van der Waals surface area contributed by atoms with Gasteiger partial charge in [0.15, 0.2) is 0 Å². The third-order valence-corrected chi connectivity index (χ3v) is 2.01. The molecular formula is C8H12N2. The normalized spacial score (nSPS) is 24.0. The van der Waals surface area contributed by atoms with Gasteiger partial charge in [0.05, 0.1) is 0 Å². The van der Waals surface area contributed by atoms with Crippen molar-refractivity contribution < 1.29 is 0 Å². The van der Waals surface area contributed by atoms with Crippen LogP contribution in [-0.2, 0) is 0 Å². The minimum Gasteiger partial charge on any atom is -0.370 e. The van der Waals surface area contributed by atoms with E-state index in [1.807, 2.05) is 0 Å². The van der Waals surface area contributed by atoms with Gasteiger partial charge in [-0.15, -0.1) is 0 Å². The molecule has 2 aliphatic heterocycles. The number of nitrogens with one attached hydrogen (secondary N) is 1. The van der Waals surface area contributed by atoms with Crippen LogP contribution in [0.15, 0.2) is 16.6 Å². The zero-order valence-corrected chi connectivity index (χ0v) is 6.06. The van der Waals surface area contributed by atoms with Crippen molar-refractivity contribution in [3.05, 3.63) is 11.6 Å². The van der Waals surface area contributed by atoms with Crippen LogP contribution in [0.3, 0.4) is 0 Å². The van der Waals surface area contributed by atoms with E-state index in [4.69, 9.17) is 0 Å². The number of piperidine rings is 1. The number of fused-ring (bicyclic) bond motifs is 1. The second-order valence-electron chi connectivity index (χ2n) is 2.78. The van der Waals surface area contributed by atoms with Crippen LogP contribution in [-0.4, -0.2) is 18.9 Å². The van der Waals surface area contributed by atoms with Crippen LogP contribution in [0, 0.1) is 0 Å². The SMILES string of the molecule is C1=C2CCCNC2=NCC1. The molecule has 0 aromatic carbocycles. The second-order valence-corrected chi connectivity index (χ2v) is 2.78. The molecule has 2 rings (SSSR count). The molecule has 2 heteroatoms. The molecule has 1 fully saturated rings. The summed E-state index contributed by atoms with van der Waals surface area (Å²) in [6.07, 6.45) is 5.95. The largest absolute Gasteiger partial charge is 0.370 e. The third kappa shape index (κ3) is 0.939. The Balaban J connectivity index is 2.19. The lowest BCUT2D eigenvalue weighted by atomic mass is 10.0. The minimum atomic E-state index is 0.978. The Bertz CT molecular complexity index is 169. The third-order valence-electron chi connectivity index (χ3n) is 2.01. The molecule has 0 bridgehead atoms. The minimum absolute atomic E-state index is 0.978. The molecule has 0 saturated carbocycles. The van der Waals surface area contributed by atoms with Crippen molar-refractivity contribution in [3.63, 3.8) is 0 Å². The second kappa shape index (κ2) is 2.45. The highest BCUT2D eigenvalue weighted by molar-refractivity contribution is 5.99. The Kier molecular flexibility index (Phi) is 1.46. The summed E-state index contributed by atoms with van der Waals surface area (Å²) in [6.45, 7) is 2.09. The van der Waals surface area contributed by atoms with Gasteiger partial charge in [0.2, 0.25) is 0 Å². The van der Waals surface area contributed by atoms with Gasteiger partial charge in [0, 0.05) is 13.1 Å². The molecular weight excluding hydrogens is 124 g/mol. The van der Waals surface area contributed by atoms with Gasteiger partial charge in [0.25, 0.3) is 0 Å². The number of hydrogen-bond acceptors (Lipinski definition) is 2. The molecule has 0 aliphatic carbocycles. The van der Waals surface area contributed by atoms with Crippen molar-refractivity contribution in [2.45, 2.75) is 19.3 Å². The lowest BCUT2D eigenvalue weighted by Gasteiger charge is -2.21. The van der Waals surface area contributed by atoms with Crippen molar-refractivity contribution in [3.8, 4) is 0 Å². The van der Waals surface area contributed by atoms with Crippen LogP contribution in [0.2, 0.25) is 0 Å². The fourth-order valence-corrected chi connectivity index (χ4v) is 1.49. The van der Waals surface area contributed by atoms with Crippen LogP contribution in [0.4, 0.5) is 0 Å². The Morgan fingerprint density at radius 2 is 2.50 bits per heavy atom. The molecule has 0 radical (unpaired) electrons. The molecule has 0 unspecified atom stereocenters. The van der Waals surface area contributed by atoms with E-state index in [-0.39, 0.29) is 0 Å². The molecule has 2 nitrogen and oxygen atoms in total. The first kappa shape index (κ1) is 5.96. The lowest BCUT2D eigenvalue weighted by Crippen LogP contribution is -2.32. The van der Waals surface area contributed by atoms with Crippen LogP contribution < -0.4 is 5.32 Å². The Hall–Kier alpha value is -0.790. The van der Waals surface area contributed by atoms with E-state index < -0.39 is 0 Å². The average molecular weight is 136 g/mol. The smallest absolute Gasteiger partial charge is 0.123 e. The molecule has 2 aliphatic rings. The molecule has 54 valence electrons. The standard InChI is InChI=1S/C8H12N2/c1-3-7-4-2-6-10-8(7)9-5-1/h3H,1-2,4-6H2,(H,9,10). The highest BCUT2D eigenvalue weighted by Gasteiger charge is 2.13. The molecule has 0 atom stereocenters. The first-order chi connectivity index (χ1) is 4.97. The number of nitrogens with zero attached hydrogens (tertiary/aromatic N) is 1. The Labute approximate surface area is 61.0 Å². The predicted octanol–water partition coefficient (Wildman–Crippen LogP) is 1.10. The maximum atomic E-state index is 4.39. The number of aliphatic imine (C=N–C) groups is 1. The molecule has 1 saturated heterocycles. The fraction of sp³-hybridized carbons (Fsp3) is 0.625. The van der Waals surface area contributed by atoms with E-state index >= 15 is 0 Å². The zero-order chi connectivity index (χ0) is 6.81. The summed E-state index contributed by atoms with van der Waals surface area (Å²) in [5, 5.41) is 3.30. The summed E-state index contributed by atoms with van der Waals surface area (Å²) in [4.78, 5) is 4.39. The highest BCUT2D eigenvalue weighted by atomic mass is 15.0. The molecule has 0 spiro atoms. The molecule has 1 N–H and O–H groups in total. The van der Waals surface area contributed by atoms with E-state index in [1.54, 1.807) is 0 Å². The van der Waals surface area contributed by atoms with Gasteiger partial charge in [-0.05, 0) is 24.8 Å². The van der Waals surface area contributed by atoms with E-state index in [2.05, 4.69) is 16.4 Å². The van der Waals surface area contributed by atoms with Crippen molar-refractivity contribution >= 4 is 5.84 Å². The number of hydrogen-bond donors (Lipinski definition) is 1. The maximum absolute atomic E-state index is 4.39. The fourth-order valence-electron chi connectivity index (χ4n) is 1.49. The summed E-state index contributed by atoms with van der Waals surface area (Å²) in [6, 6.07) is 0. The number of amidine groups is 1. The molecule has 0 aromatic heterocycles. The summed E-state index contributed by atoms with van der Waals surface area (Å²) < 4.78 is 0. The van der Waals surface area contributed by atoms with Crippen LogP contribution in [0.5, 0.6) is 0 Å². The van der Waals surface area contributed by atoms with Gasteiger partial charge >= 0.3 is 0 Å².